The van der Waals surface area contributed by atoms with E-state index in [1.54, 1.807) is 12.4 Å². The number of rotatable bonds is 0. The van der Waals surface area contributed by atoms with Gasteiger partial charge in [0.2, 0.25) is 12.4 Å². The van der Waals surface area contributed by atoms with Gasteiger partial charge in [-0.2, -0.15) is 29.3 Å². The molecule has 1 aromatic carbocycles. The molecule has 7 heteroatoms. The van der Waals surface area contributed by atoms with E-state index >= 15 is 0 Å². The topological polar surface area (TPSA) is 98.1 Å². The summed E-state index contributed by atoms with van der Waals surface area (Å²) in [6.45, 7) is 0. The van der Waals surface area contributed by atoms with Gasteiger partial charge in [-0.25, -0.2) is 0 Å². The number of benzene rings is 1. The Hall–Kier alpha value is -2.90. The van der Waals surface area contributed by atoms with Gasteiger partial charge in [0, 0.05) is 11.1 Å². The molecule has 1 aromatic heterocycles. The van der Waals surface area contributed by atoms with Gasteiger partial charge in [0.1, 0.15) is 22.8 Å². The Labute approximate surface area is 112 Å². The average molecular weight is 264 g/mol. The molecule has 0 spiro atoms. The third-order valence-electron chi connectivity index (χ3n) is 2.70. The molecule has 0 saturated carbocycles. The first kappa shape index (κ1) is 11.2. The summed E-state index contributed by atoms with van der Waals surface area (Å²) in [7, 11) is 0. The molecule has 19 heavy (non-hydrogen) atoms. The number of aromatic nitrogens is 2. The molecule has 2 aromatic rings. The molecule has 0 atom stereocenters. The summed E-state index contributed by atoms with van der Waals surface area (Å²) in [4.78, 5) is 7.64. The lowest BCUT2D eigenvalue weighted by molar-refractivity contribution is 1.33. The summed E-state index contributed by atoms with van der Waals surface area (Å²) in [5.41, 5.74) is 3.41. The molecule has 1 aliphatic carbocycles. The zero-order chi connectivity index (χ0) is 13.2. The fourth-order valence-corrected chi connectivity index (χ4v) is 2.53. The van der Waals surface area contributed by atoms with Crippen molar-refractivity contribution in [2.24, 2.45) is 9.98 Å². The van der Waals surface area contributed by atoms with Crippen LogP contribution >= 0.6 is 11.7 Å². The van der Waals surface area contributed by atoms with Crippen molar-refractivity contribution in [2.75, 3.05) is 0 Å². The van der Waals surface area contributed by atoms with Crippen molar-refractivity contribution in [2.45, 2.75) is 0 Å². The van der Waals surface area contributed by atoms with Crippen LogP contribution in [0.4, 0.5) is 0 Å². The highest BCUT2D eigenvalue weighted by Crippen LogP contribution is 2.27. The molecular formula is C12H4N6S. The summed E-state index contributed by atoms with van der Waals surface area (Å²) >= 11 is 1.00. The third kappa shape index (κ3) is 1.61. The Morgan fingerprint density at radius 3 is 1.79 bits per heavy atom. The molecule has 1 heterocycles. The number of aliphatic imine (C=N–C) groups is 2. The monoisotopic (exact) mass is 264 g/mol. The van der Waals surface area contributed by atoms with Gasteiger partial charge in [0.15, 0.2) is 0 Å². The van der Waals surface area contributed by atoms with E-state index in [0.29, 0.717) is 22.8 Å². The smallest absolute Gasteiger partial charge is 0.171 e. The molecule has 0 N–H and O–H groups in total. The van der Waals surface area contributed by atoms with Crippen molar-refractivity contribution >= 4 is 23.2 Å². The van der Waals surface area contributed by atoms with E-state index in [-0.39, 0.29) is 0 Å². The van der Waals surface area contributed by atoms with Crippen LogP contribution in [-0.2, 0) is 0 Å². The fourth-order valence-electron chi connectivity index (χ4n) is 1.98. The largest absolute Gasteiger partial charge is 0.206 e. The first-order valence-corrected chi connectivity index (χ1v) is 5.96. The van der Waals surface area contributed by atoms with Crippen molar-refractivity contribution in [3.63, 3.8) is 0 Å². The van der Waals surface area contributed by atoms with E-state index in [0.717, 1.165) is 22.9 Å². The molecule has 88 valence electrons. The van der Waals surface area contributed by atoms with E-state index in [1.807, 2.05) is 24.3 Å². The van der Waals surface area contributed by atoms with Crippen LogP contribution in [0, 0.1) is 22.9 Å². The molecule has 1 aliphatic rings. The number of nitrogens with zero attached hydrogens (tertiary/aromatic N) is 6. The molecule has 0 radical (unpaired) electrons. The fraction of sp³-hybridized carbons (Fsp3) is 0. The third-order valence-corrected chi connectivity index (χ3v) is 3.23. The van der Waals surface area contributed by atoms with Crippen molar-refractivity contribution < 1.29 is 0 Å². The van der Waals surface area contributed by atoms with E-state index < -0.39 is 0 Å². The van der Waals surface area contributed by atoms with Crippen LogP contribution < -0.4 is 0 Å². The average Bonchev–Trinajstić information content (AvgIpc) is 2.91. The zero-order valence-electron chi connectivity index (χ0n) is 9.40. The quantitative estimate of drug-likeness (QED) is 0.574. The Morgan fingerprint density at radius 2 is 1.37 bits per heavy atom. The van der Waals surface area contributed by atoms with Gasteiger partial charge in [-0.3, -0.25) is 0 Å². The van der Waals surface area contributed by atoms with Crippen molar-refractivity contribution in [1.82, 2.24) is 8.75 Å². The maximum absolute atomic E-state index is 8.81. The molecule has 0 amide bonds. The first-order chi connectivity index (χ1) is 9.36. The van der Waals surface area contributed by atoms with Gasteiger partial charge < -0.3 is 0 Å². The lowest BCUT2D eigenvalue weighted by atomic mass is 9.89. The SMILES string of the molecule is N#C/N=C1/c2ccccc2/C(=N/C#N)c2nsnc21. The summed E-state index contributed by atoms with van der Waals surface area (Å²) in [5.74, 6) is 0. The minimum Gasteiger partial charge on any atom is -0.171 e. The minimum absolute atomic E-state index is 0.471. The molecule has 0 unspecified atom stereocenters. The lowest BCUT2D eigenvalue weighted by Gasteiger charge is -2.16. The highest BCUT2D eigenvalue weighted by molar-refractivity contribution is 6.99. The molecular weight excluding hydrogens is 260 g/mol. The Morgan fingerprint density at radius 1 is 0.895 bits per heavy atom. The van der Waals surface area contributed by atoms with Crippen LogP contribution in [0.5, 0.6) is 0 Å². The van der Waals surface area contributed by atoms with Gasteiger partial charge in [0.05, 0.1) is 11.7 Å². The van der Waals surface area contributed by atoms with Crippen molar-refractivity contribution in [3.05, 3.63) is 46.8 Å². The molecule has 0 bridgehead atoms. The zero-order valence-corrected chi connectivity index (χ0v) is 10.2. The van der Waals surface area contributed by atoms with E-state index in [9.17, 15) is 0 Å². The van der Waals surface area contributed by atoms with Gasteiger partial charge >= 0.3 is 0 Å². The van der Waals surface area contributed by atoms with Crippen LogP contribution in [0.25, 0.3) is 0 Å². The second-order valence-corrected chi connectivity index (χ2v) is 4.16. The first-order valence-electron chi connectivity index (χ1n) is 5.23. The van der Waals surface area contributed by atoms with Gasteiger partial charge in [-0.05, 0) is 0 Å². The van der Waals surface area contributed by atoms with Crippen LogP contribution in [0.1, 0.15) is 22.5 Å². The number of fused-ring (bicyclic) bond motifs is 2. The normalized spacial score (nSPS) is 16.5. The summed E-state index contributed by atoms with van der Waals surface area (Å²) in [6, 6.07) is 7.31. The van der Waals surface area contributed by atoms with E-state index in [1.165, 1.54) is 0 Å². The lowest BCUT2D eigenvalue weighted by Crippen LogP contribution is -2.22. The van der Waals surface area contributed by atoms with Crippen LogP contribution in [0.2, 0.25) is 0 Å². The van der Waals surface area contributed by atoms with Gasteiger partial charge in [-0.15, -0.1) is 0 Å². The van der Waals surface area contributed by atoms with Crippen LogP contribution in [0.15, 0.2) is 34.3 Å². The highest BCUT2D eigenvalue weighted by Gasteiger charge is 2.30. The maximum Gasteiger partial charge on any atom is 0.206 e. The Bertz CT molecular complexity index is 737. The molecule has 0 fully saturated rings. The van der Waals surface area contributed by atoms with Crippen LogP contribution in [0.3, 0.4) is 0 Å². The second-order valence-electron chi connectivity index (χ2n) is 3.63. The predicted molar refractivity (Wildman–Crippen MR) is 68.9 cm³/mol. The van der Waals surface area contributed by atoms with Crippen molar-refractivity contribution in [1.29, 1.82) is 10.5 Å². The summed E-state index contributed by atoms with van der Waals surface area (Å²) in [5, 5.41) is 17.6. The minimum atomic E-state index is 0.471. The van der Waals surface area contributed by atoms with Gasteiger partial charge in [-0.1, -0.05) is 24.3 Å². The Balaban J connectivity index is 2.40. The number of hydrogen-bond donors (Lipinski definition) is 0. The van der Waals surface area contributed by atoms with E-state index in [2.05, 4.69) is 18.7 Å². The number of nitriles is 2. The molecule has 6 nitrogen and oxygen atoms in total. The van der Waals surface area contributed by atoms with Crippen molar-refractivity contribution in [3.8, 4) is 12.4 Å². The maximum atomic E-state index is 8.81. The molecule has 3 rings (SSSR count). The standard InChI is InChI=1S/C12H4N6S/c13-5-15-9-7-3-1-2-4-8(7)10(16-6-14)12-11(9)17-19-18-12/h1-4H/b15-9-,16-10-. The molecule has 0 aliphatic heterocycles. The predicted octanol–water partition coefficient (Wildman–Crippen LogP) is 1.49. The highest BCUT2D eigenvalue weighted by atomic mass is 32.1. The Kier molecular flexibility index (Phi) is 2.60. The number of hydrogen-bond acceptors (Lipinski definition) is 7. The van der Waals surface area contributed by atoms with E-state index in [4.69, 9.17) is 10.5 Å². The van der Waals surface area contributed by atoms with Gasteiger partial charge in [0.25, 0.3) is 0 Å². The summed E-state index contributed by atoms with van der Waals surface area (Å²) < 4.78 is 8.29. The van der Waals surface area contributed by atoms with Crippen LogP contribution in [-0.4, -0.2) is 20.2 Å². The molecule has 0 saturated heterocycles. The second kappa shape index (κ2) is 4.41. The summed E-state index contributed by atoms with van der Waals surface area (Å²) in [6.07, 6.45) is 3.55.